The first-order chi connectivity index (χ1) is 9.54. The van der Waals surface area contributed by atoms with E-state index in [9.17, 15) is 9.59 Å². The predicted molar refractivity (Wildman–Crippen MR) is 75.3 cm³/mol. The first-order valence-electron chi connectivity index (χ1n) is 6.84. The normalized spacial score (nSPS) is 19.0. The van der Waals surface area contributed by atoms with E-state index in [1.165, 1.54) is 10.5 Å². The zero-order chi connectivity index (χ0) is 14.7. The van der Waals surface area contributed by atoms with Crippen molar-refractivity contribution in [2.24, 2.45) is 0 Å². The average Bonchev–Trinajstić information content (AvgIpc) is 2.46. The molecule has 2 atom stereocenters. The maximum atomic E-state index is 12.4. The number of carbonyl (C=O) groups excluding carboxylic acids is 1. The fraction of sp³-hybridized carbons (Fsp3) is 0.467. The lowest BCUT2D eigenvalue weighted by Gasteiger charge is -2.31. The Hall–Kier alpha value is -1.88. The highest BCUT2D eigenvalue weighted by Gasteiger charge is 2.31. The molecule has 0 fully saturated rings. The van der Waals surface area contributed by atoms with Gasteiger partial charge in [0.05, 0.1) is 6.04 Å². The molecule has 2 N–H and O–H groups in total. The summed E-state index contributed by atoms with van der Waals surface area (Å²) in [6.07, 6.45) is 1.01. The number of amides is 1. The molecule has 0 radical (unpaired) electrons. The maximum Gasteiger partial charge on any atom is 0.326 e. The quantitative estimate of drug-likeness (QED) is 0.861. The summed E-state index contributed by atoms with van der Waals surface area (Å²) in [5.41, 5.74) is 2.35. The monoisotopic (exact) mass is 276 g/mol. The number of aliphatic carboxylic acids is 1. The lowest BCUT2D eigenvalue weighted by Crippen LogP contribution is -2.52. The molecule has 1 aromatic rings. The van der Waals surface area contributed by atoms with Gasteiger partial charge in [-0.3, -0.25) is 4.79 Å². The highest BCUT2D eigenvalue weighted by Crippen LogP contribution is 2.18. The second-order valence-corrected chi connectivity index (χ2v) is 5.12. The molecule has 108 valence electrons. The van der Waals surface area contributed by atoms with E-state index in [4.69, 9.17) is 5.11 Å². The van der Waals surface area contributed by atoms with Crippen molar-refractivity contribution in [2.45, 2.75) is 38.4 Å². The lowest BCUT2D eigenvalue weighted by molar-refractivity contribution is -0.150. The van der Waals surface area contributed by atoms with Gasteiger partial charge in [0, 0.05) is 13.6 Å². The van der Waals surface area contributed by atoms with Crippen LogP contribution in [0.4, 0.5) is 0 Å². The molecule has 1 aliphatic heterocycles. The van der Waals surface area contributed by atoms with Gasteiger partial charge in [-0.15, -0.1) is 0 Å². The summed E-state index contributed by atoms with van der Waals surface area (Å²) in [5.74, 6) is -1.12. The number of hydrogen-bond donors (Lipinski definition) is 2. The van der Waals surface area contributed by atoms with Crippen LogP contribution in [0, 0.1) is 0 Å². The van der Waals surface area contributed by atoms with Crippen LogP contribution < -0.4 is 5.32 Å². The van der Waals surface area contributed by atoms with Crippen LogP contribution in [0.1, 0.15) is 24.5 Å². The predicted octanol–water partition coefficient (Wildman–Crippen LogP) is 1.02. The number of fused-ring (bicyclic) bond motifs is 1. The van der Waals surface area contributed by atoms with E-state index in [0.29, 0.717) is 19.4 Å². The molecule has 20 heavy (non-hydrogen) atoms. The van der Waals surface area contributed by atoms with Gasteiger partial charge in [-0.05, 0) is 24.0 Å². The molecule has 2 unspecified atom stereocenters. The van der Waals surface area contributed by atoms with Crippen molar-refractivity contribution in [3.8, 4) is 0 Å². The molecule has 0 aliphatic carbocycles. The zero-order valence-corrected chi connectivity index (χ0v) is 11.8. The highest BCUT2D eigenvalue weighted by atomic mass is 16.4. The number of carbonyl (C=O) groups is 2. The third-order valence-corrected chi connectivity index (χ3v) is 3.87. The number of likely N-dealkylation sites (N-methyl/N-ethyl adjacent to an activating group) is 1. The van der Waals surface area contributed by atoms with Gasteiger partial charge in [-0.2, -0.15) is 0 Å². The molecule has 0 aromatic heterocycles. The Balaban J connectivity index is 2.10. The Morgan fingerprint density at radius 3 is 2.65 bits per heavy atom. The second-order valence-electron chi connectivity index (χ2n) is 5.12. The van der Waals surface area contributed by atoms with Gasteiger partial charge in [-0.1, -0.05) is 31.2 Å². The number of benzene rings is 1. The molecule has 0 spiro atoms. The minimum atomic E-state index is -0.959. The molecule has 1 aliphatic rings. The number of nitrogens with one attached hydrogen (secondary N) is 1. The van der Waals surface area contributed by atoms with Crippen molar-refractivity contribution in [3.63, 3.8) is 0 Å². The van der Waals surface area contributed by atoms with Crippen LogP contribution in [-0.4, -0.2) is 41.0 Å². The summed E-state index contributed by atoms with van der Waals surface area (Å²) < 4.78 is 0. The molecule has 1 heterocycles. The van der Waals surface area contributed by atoms with Crippen LogP contribution in [-0.2, 0) is 22.6 Å². The van der Waals surface area contributed by atoms with E-state index in [-0.39, 0.29) is 11.9 Å². The minimum Gasteiger partial charge on any atom is -0.480 e. The van der Waals surface area contributed by atoms with Gasteiger partial charge >= 0.3 is 5.97 Å². The number of nitrogens with zero attached hydrogens (tertiary/aromatic N) is 1. The van der Waals surface area contributed by atoms with E-state index >= 15 is 0 Å². The molecule has 5 nitrogen and oxygen atoms in total. The first kappa shape index (κ1) is 14.5. The molecule has 2 rings (SSSR count). The molecular weight excluding hydrogens is 256 g/mol. The van der Waals surface area contributed by atoms with Crippen LogP contribution in [0.15, 0.2) is 24.3 Å². The van der Waals surface area contributed by atoms with Crippen LogP contribution >= 0.6 is 0 Å². The van der Waals surface area contributed by atoms with Crippen LogP contribution in [0.2, 0.25) is 0 Å². The van der Waals surface area contributed by atoms with Gasteiger partial charge in [0.15, 0.2) is 0 Å². The van der Waals surface area contributed by atoms with Crippen molar-refractivity contribution in [3.05, 3.63) is 35.4 Å². The lowest BCUT2D eigenvalue weighted by atomic mass is 9.95. The van der Waals surface area contributed by atoms with E-state index in [1.54, 1.807) is 14.0 Å². The van der Waals surface area contributed by atoms with Crippen molar-refractivity contribution >= 4 is 11.9 Å². The summed E-state index contributed by atoms with van der Waals surface area (Å²) in [5, 5.41) is 12.3. The largest absolute Gasteiger partial charge is 0.480 e. The number of carboxylic acid groups (broad SMARTS) is 1. The van der Waals surface area contributed by atoms with Crippen LogP contribution in [0.5, 0.6) is 0 Å². The van der Waals surface area contributed by atoms with Gasteiger partial charge in [0.1, 0.15) is 6.04 Å². The zero-order valence-electron chi connectivity index (χ0n) is 11.8. The highest BCUT2D eigenvalue weighted by molar-refractivity contribution is 5.87. The van der Waals surface area contributed by atoms with Crippen molar-refractivity contribution in [1.82, 2.24) is 10.2 Å². The summed E-state index contributed by atoms with van der Waals surface area (Å²) in [6, 6.07) is 6.89. The van der Waals surface area contributed by atoms with Gasteiger partial charge in [-0.25, -0.2) is 4.79 Å². The molecule has 0 saturated carbocycles. The minimum absolute atomic E-state index is 0.159. The first-order valence-corrected chi connectivity index (χ1v) is 6.84. The van der Waals surface area contributed by atoms with Crippen LogP contribution in [0.3, 0.4) is 0 Å². The SMILES string of the molecule is CCC(C(=O)O)N(C)C(=O)C1Cc2ccccc2CN1. The Bertz CT molecular complexity index is 516. The van der Waals surface area contributed by atoms with Gasteiger partial charge in [0.2, 0.25) is 5.91 Å². The fourth-order valence-corrected chi connectivity index (χ4v) is 2.64. The van der Waals surface area contributed by atoms with Gasteiger partial charge in [0.25, 0.3) is 0 Å². The van der Waals surface area contributed by atoms with E-state index < -0.39 is 12.0 Å². The topological polar surface area (TPSA) is 69.6 Å². The molecule has 5 heteroatoms. The Kier molecular flexibility index (Phi) is 4.39. The summed E-state index contributed by atoms with van der Waals surface area (Å²) >= 11 is 0. The Morgan fingerprint density at radius 1 is 1.40 bits per heavy atom. The number of carboxylic acids is 1. The smallest absolute Gasteiger partial charge is 0.326 e. The molecule has 1 amide bonds. The van der Waals surface area contributed by atoms with Gasteiger partial charge < -0.3 is 15.3 Å². The molecule has 0 bridgehead atoms. The van der Waals surface area contributed by atoms with Crippen LogP contribution in [0.25, 0.3) is 0 Å². The Morgan fingerprint density at radius 2 is 2.05 bits per heavy atom. The Labute approximate surface area is 118 Å². The molecular formula is C15H20N2O3. The standard InChI is InChI=1S/C15H20N2O3/c1-3-13(15(19)20)17(2)14(18)12-8-10-6-4-5-7-11(10)9-16-12/h4-7,12-13,16H,3,8-9H2,1-2H3,(H,19,20). The number of rotatable bonds is 4. The van der Waals surface area contributed by atoms with Crippen molar-refractivity contribution < 1.29 is 14.7 Å². The third kappa shape index (κ3) is 2.82. The molecule has 0 saturated heterocycles. The average molecular weight is 276 g/mol. The second kappa shape index (κ2) is 6.05. The van der Waals surface area contributed by atoms with E-state index in [1.807, 2.05) is 24.3 Å². The maximum absolute atomic E-state index is 12.4. The fourth-order valence-electron chi connectivity index (χ4n) is 2.64. The summed E-state index contributed by atoms with van der Waals surface area (Å²) in [4.78, 5) is 24.9. The van der Waals surface area contributed by atoms with E-state index in [2.05, 4.69) is 5.32 Å². The summed E-state index contributed by atoms with van der Waals surface area (Å²) in [7, 11) is 1.56. The summed E-state index contributed by atoms with van der Waals surface area (Å²) in [6.45, 7) is 2.41. The number of hydrogen-bond acceptors (Lipinski definition) is 3. The van der Waals surface area contributed by atoms with E-state index in [0.717, 1.165) is 5.56 Å². The molecule has 1 aromatic carbocycles. The van der Waals surface area contributed by atoms with Crippen molar-refractivity contribution in [2.75, 3.05) is 7.05 Å². The third-order valence-electron chi connectivity index (χ3n) is 3.87. The van der Waals surface area contributed by atoms with Crippen molar-refractivity contribution in [1.29, 1.82) is 0 Å².